The minimum absolute atomic E-state index is 0.0570. The molecule has 9 nitrogen and oxygen atoms in total. The Morgan fingerprint density at radius 2 is 1.93 bits per heavy atom. The molecule has 1 aliphatic heterocycles. The Hall–Kier alpha value is -3.75. The number of ether oxygens (including phenoxy) is 1. The van der Waals surface area contributed by atoms with Crippen molar-refractivity contribution < 1.29 is 14.3 Å². The van der Waals surface area contributed by atoms with Gasteiger partial charge in [0.25, 0.3) is 0 Å². The molecule has 1 atom stereocenters. The van der Waals surface area contributed by atoms with E-state index in [1.165, 1.54) is 0 Å². The van der Waals surface area contributed by atoms with Crippen LogP contribution in [0.15, 0.2) is 55.1 Å². The first-order valence-corrected chi connectivity index (χ1v) is 9.66. The highest BCUT2D eigenvalue weighted by molar-refractivity contribution is 6.00. The number of nitrogens with one attached hydrogen (secondary N) is 1. The van der Waals surface area contributed by atoms with E-state index in [2.05, 4.69) is 20.3 Å². The summed E-state index contributed by atoms with van der Waals surface area (Å²) in [6.45, 7) is 1.32. The fourth-order valence-electron chi connectivity index (χ4n) is 3.45. The summed E-state index contributed by atoms with van der Waals surface area (Å²) < 4.78 is 7.04. The zero-order valence-corrected chi connectivity index (χ0v) is 16.6. The third-order valence-electron chi connectivity index (χ3n) is 5.01. The Balaban J connectivity index is 1.32. The third-order valence-corrected chi connectivity index (χ3v) is 5.01. The number of methoxy groups -OCH3 is 1. The van der Waals surface area contributed by atoms with Crippen molar-refractivity contribution in [2.75, 3.05) is 25.1 Å². The van der Waals surface area contributed by atoms with Gasteiger partial charge in [-0.15, -0.1) is 0 Å². The molecule has 4 rings (SSSR count). The number of benzene rings is 1. The predicted octanol–water partition coefficient (Wildman–Crippen LogP) is 1.52. The molecule has 1 N–H and O–H groups in total. The number of hydrogen-bond donors (Lipinski definition) is 1. The number of anilines is 1. The number of amides is 2. The molecular weight excluding hydrogens is 384 g/mol. The summed E-state index contributed by atoms with van der Waals surface area (Å²) in [5.41, 5.74) is 0.766. The van der Waals surface area contributed by atoms with E-state index in [9.17, 15) is 9.59 Å². The smallest absolute Gasteiger partial charge is 0.227 e. The predicted molar refractivity (Wildman–Crippen MR) is 110 cm³/mol. The van der Waals surface area contributed by atoms with Gasteiger partial charge in [-0.3, -0.25) is 9.59 Å². The van der Waals surface area contributed by atoms with Crippen molar-refractivity contribution in [2.24, 2.45) is 5.92 Å². The second-order valence-corrected chi connectivity index (χ2v) is 6.91. The Kier molecular flexibility index (Phi) is 5.69. The van der Waals surface area contributed by atoms with Gasteiger partial charge in [-0.2, -0.15) is 0 Å². The molecule has 154 valence electrons. The minimum atomic E-state index is -0.376. The first kappa shape index (κ1) is 19.6. The van der Waals surface area contributed by atoms with Gasteiger partial charge in [0.05, 0.1) is 13.0 Å². The van der Waals surface area contributed by atoms with Gasteiger partial charge in [0.1, 0.15) is 5.75 Å². The highest BCUT2D eigenvalue weighted by atomic mass is 16.5. The van der Waals surface area contributed by atoms with Gasteiger partial charge in [0, 0.05) is 56.5 Å². The summed E-state index contributed by atoms with van der Waals surface area (Å²) >= 11 is 0. The number of carbonyl (C=O) groups excluding carboxylic acids is 2. The third kappa shape index (κ3) is 4.14. The molecule has 1 aromatic carbocycles. The van der Waals surface area contributed by atoms with Gasteiger partial charge >= 0.3 is 0 Å². The van der Waals surface area contributed by atoms with Crippen molar-refractivity contribution in [2.45, 2.75) is 13.0 Å². The van der Waals surface area contributed by atoms with Crippen molar-refractivity contribution in [1.82, 2.24) is 24.8 Å². The van der Waals surface area contributed by atoms with E-state index in [0.717, 1.165) is 11.4 Å². The number of hydrogen-bond acceptors (Lipinski definition) is 6. The lowest BCUT2D eigenvalue weighted by atomic mass is 10.1. The molecule has 1 unspecified atom stereocenters. The standard InChI is InChI=1S/C21H22N6O3/c1-30-17-5-3-16(4-6-17)27-14-15(13-18(27)28)21(29)25-10-12-26-11-9-24-20(26)19-22-7-2-8-23-19/h2-9,11,15H,10,12-14H2,1H3,(H,25,29). The second-order valence-electron chi connectivity index (χ2n) is 6.91. The molecule has 3 heterocycles. The van der Waals surface area contributed by atoms with Gasteiger partial charge in [-0.05, 0) is 30.3 Å². The van der Waals surface area contributed by atoms with E-state index in [0.29, 0.717) is 31.3 Å². The maximum atomic E-state index is 12.6. The van der Waals surface area contributed by atoms with Crippen LogP contribution in [0.4, 0.5) is 5.69 Å². The van der Waals surface area contributed by atoms with E-state index in [-0.39, 0.29) is 24.2 Å². The molecule has 2 amide bonds. The second kappa shape index (κ2) is 8.73. The van der Waals surface area contributed by atoms with E-state index in [4.69, 9.17) is 4.74 Å². The molecule has 0 spiro atoms. The number of rotatable bonds is 7. The molecule has 0 bridgehead atoms. The molecule has 2 aromatic heterocycles. The number of imidazole rings is 1. The van der Waals surface area contributed by atoms with Crippen LogP contribution < -0.4 is 15.0 Å². The van der Waals surface area contributed by atoms with Crippen LogP contribution in [-0.4, -0.2) is 51.5 Å². The molecule has 1 fully saturated rings. The molecule has 1 aliphatic rings. The van der Waals surface area contributed by atoms with E-state index in [1.54, 1.807) is 48.8 Å². The Morgan fingerprint density at radius 3 is 2.67 bits per heavy atom. The maximum Gasteiger partial charge on any atom is 0.227 e. The quantitative estimate of drug-likeness (QED) is 0.638. The van der Waals surface area contributed by atoms with E-state index < -0.39 is 0 Å². The Morgan fingerprint density at radius 1 is 1.17 bits per heavy atom. The molecule has 30 heavy (non-hydrogen) atoms. The van der Waals surface area contributed by atoms with Crippen LogP contribution in [0.25, 0.3) is 11.6 Å². The molecule has 0 aliphatic carbocycles. The van der Waals surface area contributed by atoms with Crippen LogP contribution >= 0.6 is 0 Å². The highest BCUT2D eigenvalue weighted by Crippen LogP contribution is 2.26. The molecule has 0 saturated carbocycles. The van der Waals surface area contributed by atoms with Crippen LogP contribution in [-0.2, 0) is 16.1 Å². The SMILES string of the molecule is COc1ccc(N2CC(C(=O)NCCn3ccnc3-c3ncccn3)CC2=O)cc1. The first-order valence-electron chi connectivity index (χ1n) is 9.66. The maximum absolute atomic E-state index is 12.6. The summed E-state index contributed by atoms with van der Waals surface area (Å²) in [5, 5.41) is 2.93. The van der Waals surface area contributed by atoms with Gasteiger partial charge in [-0.1, -0.05) is 0 Å². The number of carbonyl (C=O) groups is 2. The topological polar surface area (TPSA) is 102 Å². The largest absolute Gasteiger partial charge is 0.497 e. The van der Waals surface area contributed by atoms with Crippen LogP contribution in [0.2, 0.25) is 0 Å². The normalized spacial score (nSPS) is 16.0. The number of nitrogens with zero attached hydrogens (tertiary/aromatic N) is 5. The highest BCUT2D eigenvalue weighted by Gasteiger charge is 2.35. The van der Waals surface area contributed by atoms with Crippen LogP contribution in [0.1, 0.15) is 6.42 Å². The zero-order valence-electron chi connectivity index (χ0n) is 16.6. The fraction of sp³-hybridized carbons (Fsp3) is 0.286. The lowest BCUT2D eigenvalue weighted by Crippen LogP contribution is -2.34. The average Bonchev–Trinajstić information content (AvgIpc) is 3.41. The summed E-state index contributed by atoms with van der Waals surface area (Å²) in [6, 6.07) is 8.99. The van der Waals surface area contributed by atoms with Crippen LogP contribution in [0.5, 0.6) is 5.75 Å². The Labute approximate surface area is 173 Å². The van der Waals surface area contributed by atoms with Crippen molar-refractivity contribution in [3.63, 3.8) is 0 Å². The first-order chi connectivity index (χ1) is 14.7. The van der Waals surface area contributed by atoms with Crippen molar-refractivity contribution >= 4 is 17.5 Å². The molecule has 9 heteroatoms. The molecule has 1 saturated heterocycles. The van der Waals surface area contributed by atoms with E-state index in [1.807, 2.05) is 22.9 Å². The summed E-state index contributed by atoms with van der Waals surface area (Å²) in [6.07, 6.45) is 7.02. The summed E-state index contributed by atoms with van der Waals surface area (Å²) in [4.78, 5) is 39.3. The van der Waals surface area contributed by atoms with Gasteiger partial charge in [0.2, 0.25) is 11.8 Å². The van der Waals surface area contributed by atoms with Gasteiger partial charge in [-0.25, -0.2) is 15.0 Å². The van der Waals surface area contributed by atoms with Crippen molar-refractivity contribution in [3.05, 3.63) is 55.1 Å². The van der Waals surface area contributed by atoms with E-state index >= 15 is 0 Å². The lowest BCUT2D eigenvalue weighted by molar-refractivity contribution is -0.126. The monoisotopic (exact) mass is 406 g/mol. The zero-order chi connectivity index (χ0) is 20.9. The van der Waals surface area contributed by atoms with Crippen molar-refractivity contribution in [3.8, 4) is 17.4 Å². The van der Waals surface area contributed by atoms with Gasteiger partial charge < -0.3 is 19.5 Å². The van der Waals surface area contributed by atoms with Gasteiger partial charge in [0.15, 0.2) is 11.6 Å². The molecule has 3 aromatic rings. The lowest BCUT2D eigenvalue weighted by Gasteiger charge is -2.17. The fourth-order valence-corrected chi connectivity index (χ4v) is 3.45. The summed E-state index contributed by atoms with van der Waals surface area (Å²) in [5.74, 6) is 1.34. The minimum Gasteiger partial charge on any atom is -0.497 e. The number of aromatic nitrogens is 4. The van der Waals surface area contributed by atoms with Crippen LogP contribution in [0.3, 0.4) is 0 Å². The summed E-state index contributed by atoms with van der Waals surface area (Å²) in [7, 11) is 1.59. The average molecular weight is 406 g/mol. The molecular formula is C21H22N6O3. The van der Waals surface area contributed by atoms with Crippen molar-refractivity contribution in [1.29, 1.82) is 0 Å². The Bertz CT molecular complexity index is 1020. The van der Waals surface area contributed by atoms with Crippen LogP contribution in [0, 0.1) is 5.92 Å². The molecule has 0 radical (unpaired) electrons.